The van der Waals surface area contributed by atoms with Crippen molar-refractivity contribution >= 4 is 44.4 Å². The Balaban J connectivity index is 1.82. The molecule has 0 aliphatic rings. The van der Waals surface area contributed by atoms with E-state index in [1.807, 2.05) is 35.8 Å². The van der Waals surface area contributed by atoms with Gasteiger partial charge in [0.05, 0.1) is 27.8 Å². The molecule has 32 heavy (non-hydrogen) atoms. The van der Waals surface area contributed by atoms with Crippen LogP contribution in [0.1, 0.15) is 12.5 Å². The van der Waals surface area contributed by atoms with Crippen molar-refractivity contribution in [3.63, 3.8) is 0 Å². The summed E-state index contributed by atoms with van der Waals surface area (Å²) in [6.07, 6.45) is 0. The summed E-state index contributed by atoms with van der Waals surface area (Å²) in [7, 11) is 0.997. The molecule has 1 unspecified atom stereocenters. The van der Waals surface area contributed by atoms with Crippen molar-refractivity contribution in [3.05, 3.63) is 48.0 Å². The predicted molar refractivity (Wildman–Crippen MR) is 128 cm³/mol. The first-order valence-corrected chi connectivity index (χ1v) is 12.4. The number of hydrogen-bond acceptors (Lipinski definition) is 6. The molecule has 1 atom stereocenters. The lowest BCUT2D eigenvalue weighted by atomic mass is 10.2. The Morgan fingerprint density at radius 3 is 2.66 bits per heavy atom. The normalized spacial score (nSPS) is 12.9. The molecule has 2 aromatic carbocycles. The highest BCUT2D eigenvalue weighted by atomic mass is 32.2. The van der Waals surface area contributed by atoms with Gasteiger partial charge in [-0.1, -0.05) is 30.0 Å². The van der Waals surface area contributed by atoms with E-state index in [0.29, 0.717) is 18.8 Å². The van der Waals surface area contributed by atoms with Crippen molar-refractivity contribution in [1.29, 1.82) is 0 Å². The topological polar surface area (TPSA) is 93.5 Å². The Bertz CT molecular complexity index is 1220. The van der Waals surface area contributed by atoms with Gasteiger partial charge in [0.1, 0.15) is 0 Å². The number of anilines is 1. The Hall–Kier alpha value is -2.40. The molecule has 0 radical (unpaired) electrons. The van der Waals surface area contributed by atoms with Crippen LogP contribution in [0, 0.1) is 6.92 Å². The van der Waals surface area contributed by atoms with E-state index in [9.17, 15) is 13.2 Å². The standard InChI is InChI=1S/C22H28N4O4S2/c1-15-10-11-17(32(28,29)25(3)4)14-19(15)23-21(27)16(2)31-22-24-18-8-6-7-9-20(18)26(22)12-13-30-5/h6-11,14,16H,12-13H2,1-5H3,(H,23,27). The van der Waals surface area contributed by atoms with E-state index in [0.717, 1.165) is 26.1 Å². The maximum atomic E-state index is 13.0. The summed E-state index contributed by atoms with van der Waals surface area (Å²) >= 11 is 1.35. The van der Waals surface area contributed by atoms with Gasteiger partial charge in [-0.15, -0.1) is 0 Å². The first-order valence-electron chi connectivity index (χ1n) is 10.1. The predicted octanol–water partition coefficient (Wildman–Crippen LogP) is 3.36. The van der Waals surface area contributed by atoms with Crippen LogP contribution in [0.15, 0.2) is 52.5 Å². The van der Waals surface area contributed by atoms with E-state index in [-0.39, 0.29) is 10.8 Å². The van der Waals surface area contributed by atoms with E-state index in [4.69, 9.17) is 4.74 Å². The highest BCUT2D eigenvalue weighted by Gasteiger charge is 2.22. The number of imidazole rings is 1. The van der Waals surface area contributed by atoms with E-state index < -0.39 is 15.3 Å². The number of rotatable bonds is 9. The molecule has 8 nitrogen and oxygen atoms in total. The van der Waals surface area contributed by atoms with Crippen LogP contribution < -0.4 is 5.32 Å². The van der Waals surface area contributed by atoms with Gasteiger partial charge in [0.25, 0.3) is 0 Å². The van der Waals surface area contributed by atoms with Crippen LogP contribution in [-0.2, 0) is 26.1 Å². The lowest BCUT2D eigenvalue weighted by molar-refractivity contribution is -0.115. The maximum Gasteiger partial charge on any atom is 0.242 e. The van der Waals surface area contributed by atoms with Crippen molar-refractivity contribution in [2.75, 3.05) is 33.1 Å². The summed E-state index contributed by atoms with van der Waals surface area (Å²) in [5, 5.41) is 3.15. The summed E-state index contributed by atoms with van der Waals surface area (Å²) in [5.41, 5.74) is 3.09. The van der Waals surface area contributed by atoms with Crippen molar-refractivity contribution in [2.45, 2.75) is 35.7 Å². The molecule has 0 saturated heterocycles. The SMILES string of the molecule is COCCn1c(SC(C)C(=O)Nc2cc(S(=O)(=O)N(C)C)ccc2C)nc2ccccc21. The molecule has 0 saturated carbocycles. The molecule has 3 rings (SSSR count). The number of thioether (sulfide) groups is 1. The number of methoxy groups -OCH3 is 1. The van der Waals surface area contributed by atoms with E-state index in [1.54, 1.807) is 20.1 Å². The summed E-state index contributed by atoms with van der Waals surface area (Å²) in [5.74, 6) is -0.233. The van der Waals surface area contributed by atoms with Crippen LogP contribution in [0.25, 0.3) is 11.0 Å². The number of carbonyl (C=O) groups excluding carboxylic acids is 1. The molecule has 0 bridgehead atoms. The van der Waals surface area contributed by atoms with Gasteiger partial charge in [-0.05, 0) is 43.7 Å². The number of carbonyl (C=O) groups is 1. The van der Waals surface area contributed by atoms with Gasteiger partial charge in [0, 0.05) is 33.4 Å². The van der Waals surface area contributed by atoms with Gasteiger partial charge in [-0.25, -0.2) is 17.7 Å². The molecule has 0 aliphatic carbocycles. The molecule has 0 spiro atoms. The molecule has 3 aromatic rings. The second-order valence-electron chi connectivity index (χ2n) is 7.54. The quantitative estimate of drug-likeness (QED) is 0.476. The Morgan fingerprint density at radius 2 is 1.97 bits per heavy atom. The van der Waals surface area contributed by atoms with Crippen LogP contribution in [-0.4, -0.2) is 61.2 Å². The molecule has 1 heterocycles. The summed E-state index contributed by atoms with van der Waals surface area (Å²) < 4.78 is 33.3. The highest BCUT2D eigenvalue weighted by Crippen LogP contribution is 2.29. The number of sulfonamides is 1. The number of ether oxygens (including phenoxy) is 1. The van der Waals surface area contributed by atoms with Crippen LogP contribution in [0.5, 0.6) is 0 Å². The third kappa shape index (κ3) is 5.15. The summed E-state index contributed by atoms with van der Waals surface area (Å²) in [4.78, 5) is 17.8. The number of hydrogen-bond donors (Lipinski definition) is 1. The van der Waals surface area contributed by atoms with E-state index >= 15 is 0 Å². The zero-order valence-electron chi connectivity index (χ0n) is 18.8. The summed E-state index contributed by atoms with van der Waals surface area (Å²) in [6, 6.07) is 12.5. The lowest BCUT2D eigenvalue weighted by Crippen LogP contribution is -2.25. The average molecular weight is 477 g/mol. The number of para-hydroxylation sites is 2. The number of aryl methyl sites for hydroxylation is 1. The fourth-order valence-corrected chi connectivity index (χ4v) is 4.97. The van der Waals surface area contributed by atoms with Gasteiger partial charge in [-0.3, -0.25) is 4.79 Å². The largest absolute Gasteiger partial charge is 0.383 e. The minimum absolute atomic E-state index is 0.130. The van der Waals surface area contributed by atoms with Crippen LogP contribution in [0.2, 0.25) is 0 Å². The second kappa shape index (κ2) is 10.0. The third-order valence-electron chi connectivity index (χ3n) is 5.04. The number of amides is 1. The van der Waals surface area contributed by atoms with Gasteiger partial charge in [0.15, 0.2) is 5.16 Å². The number of benzene rings is 2. The minimum atomic E-state index is -3.60. The summed E-state index contributed by atoms with van der Waals surface area (Å²) in [6.45, 7) is 4.78. The van der Waals surface area contributed by atoms with Crippen molar-refractivity contribution in [3.8, 4) is 0 Å². The van der Waals surface area contributed by atoms with Gasteiger partial charge in [-0.2, -0.15) is 0 Å². The molecule has 0 fully saturated rings. The smallest absolute Gasteiger partial charge is 0.242 e. The molecule has 172 valence electrons. The maximum absolute atomic E-state index is 13.0. The van der Waals surface area contributed by atoms with Crippen LogP contribution >= 0.6 is 11.8 Å². The zero-order valence-corrected chi connectivity index (χ0v) is 20.5. The van der Waals surface area contributed by atoms with E-state index in [1.165, 1.54) is 38.0 Å². The second-order valence-corrected chi connectivity index (χ2v) is 11.0. The zero-order chi connectivity index (χ0) is 23.5. The van der Waals surface area contributed by atoms with Crippen molar-refractivity contribution in [2.24, 2.45) is 0 Å². The van der Waals surface area contributed by atoms with Gasteiger partial charge < -0.3 is 14.6 Å². The molecule has 0 aliphatic heterocycles. The average Bonchev–Trinajstić information content (AvgIpc) is 3.10. The molecule has 1 amide bonds. The molecule has 10 heteroatoms. The molecular weight excluding hydrogens is 448 g/mol. The van der Waals surface area contributed by atoms with Crippen molar-refractivity contribution < 1.29 is 17.9 Å². The van der Waals surface area contributed by atoms with Gasteiger partial charge >= 0.3 is 0 Å². The third-order valence-corrected chi connectivity index (χ3v) is 7.94. The molecule has 1 aromatic heterocycles. The fourth-order valence-electron chi connectivity index (χ4n) is 3.10. The number of fused-ring (bicyclic) bond motifs is 1. The van der Waals surface area contributed by atoms with E-state index in [2.05, 4.69) is 10.3 Å². The number of aromatic nitrogens is 2. The fraction of sp³-hybridized carbons (Fsp3) is 0.364. The Labute approximate surface area is 193 Å². The highest BCUT2D eigenvalue weighted by molar-refractivity contribution is 8.00. The Morgan fingerprint density at radius 1 is 1.25 bits per heavy atom. The number of nitrogens with zero attached hydrogens (tertiary/aromatic N) is 3. The van der Waals surface area contributed by atoms with Crippen molar-refractivity contribution in [1.82, 2.24) is 13.9 Å². The first-order chi connectivity index (χ1) is 15.1. The lowest BCUT2D eigenvalue weighted by Gasteiger charge is -2.16. The van der Waals surface area contributed by atoms with Gasteiger partial charge in [0.2, 0.25) is 15.9 Å². The number of nitrogens with one attached hydrogen (secondary N) is 1. The minimum Gasteiger partial charge on any atom is -0.383 e. The Kier molecular flexibility index (Phi) is 7.60. The van der Waals surface area contributed by atoms with Crippen LogP contribution in [0.4, 0.5) is 5.69 Å². The first kappa shape index (κ1) is 24.2. The monoisotopic (exact) mass is 476 g/mol. The molecular formula is C22H28N4O4S2. The van der Waals surface area contributed by atoms with Crippen LogP contribution in [0.3, 0.4) is 0 Å². The molecule has 1 N–H and O–H groups in total.